The Balaban J connectivity index is 2.06. The molecule has 0 aliphatic rings. The van der Waals surface area contributed by atoms with Gasteiger partial charge in [0.25, 0.3) is 0 Å². The number of nitrogens with two attached hydrogens (primary N) is 1. The summed E-state index contributed by atoms with van der Waals surface area (Å²) in [6.45, 7) is 0. The molecule has 2 aromatic rings. The van der Waals surface area contributed by atoms with Crippen molar-refractivity contribution in [3.63, 3.8) is 0 Å². The van der Waals surface area contributed by atoms with Crippen LogP contribution in [0, 0.1) is 0 Å². The lowest BCUT2D eigenvalue weighted by Crippen LogP contribution is -2.14. The fourth-order valence-electron chi connectivity index (χ4n) is 1.18. The molecule has 2 aromatic heterocycles. The molecular weight excluding hydrogens is 196 g/mol. The predicted molar refractivity (Wildman–Crippen MR) is 54.8 cm³/mol. The van der Waals surface area contributed by atoms with Gasteiger partial charge in [0.2, 0.25) is 0 Å². The average molecular weight is 206 g/mol. The number of hydrogen-bond acceptors (Lipinski definition) is 5. The number of pyridine rings is 1. The number of rotatable bonds is 3. The molecule has 0 radical (unpaired) electrons. The number of nitrogens with zero attached hydrogens (tertiary/aromatic N) is 3. The van der Waals surface area contributed by atoms with E-state index in [0.717, 1.165) is 11.4 Å². The van der Waals surface area contributed by atoms with Gasteiger partial charge in [-0.2, -0.15) is 0 Å². The van der Waals surface area contributed by atoms with Crippen LogP contribution < -0.4 is 5.73 Å². The molecule has 2 N–H and O–H groups in total. The van der Waals surface area contributed by atoms with Crippen LogP contribution in [0.5, 0.6) is 0 Å². The minimum Gasteiger partial charge on any atom is -0.322 e. The second kappa shape index (κ2) is 4.26. The van der Waals surface area contributed by atoms with Gasteiger partial charge in [-0.25, -0.2) is 0 Å². The molecule has 0 aliphatic carbocycles. The van der Waals surface area contributed by atoms with Crippen LogP contribution >= 0.6 is 11.5 Å². The molecule has 2 heterocycles. The molecule has 0 saturated heterocycles. The lowest BCUT2D eigenvalue weighted by atomic mass is 10.1. The fourth-order valence-corrected chi connectivity index (χ4v) is 1.70. The molecule has 0 saturated carbocycles. The van der Waals surface area contributed by atoms with E-state index >= 15 is 0 Å². The third-order valence-electron chi connectivity index (χ3n) is 1.91. The maximum atomic E-state index is 5.94. The Morgan fingerprint density at radius 1 is 1.43 bits per heavy atom. The van der Waals surface area contributed by atoms with Gasteiger partial charge in [-0.1, -0.05) is 10.6 Å². The van der Waals surface area contributed by atoms with E-state index in [-0.39, 0.29) is 6.04 Å². The molecule has 0 amide bonds. The summed E-state index contributed by atoms with van der Waals surface area (Å²) in [6, 6.07) is 5.69. The smallest absolute Gasteiger partial charge is 0.0926 e. The first-order valence-corrected chi connectivity index (χ1v) is 5.12. The molecule has 0 bridgehead atoms. The molecular formula is C9H10N4S. The molecule has 72 valence electrons. The van der Waals surface area contributed by atoms with Gasteiger partial charge in [0.05, 0.1) is 11.7 Å². The Kier molecular flexibility index (Phi) is 2.81. The van der Waals surface area contributed by atoms with E-state index in [9.17, 15) is 0 Å². The van der Waals surface area contributed by atoms with Crippen LogP contribution in [-0.2, 0) is 6.42 Å². The van der Waals surface area contributed by atoms with Crippen molar-refractivity contribution < 1.29 is 0 Å². The van der Waals surface area contributed by atoms with E-state index < -0.39 is 0 Å². The molecule has 1 atom stereocenters. The summed E-state index contributed by atoms with van der Waals surface area (Å²) in [4.78, 5) is 4.20. The monoisotopic (exact) mass is 206 g/mol. The molecule has 0 fully saturated rings. The summed E-state index contributed by atoms with van der Waals surface area (Å²) in [5.74, 6) is 0. The van der Waals surface area contributed by atoms with Gasteiger partial charge in [0.15, 0.2) is 0 Å². The van der Waals surface area contributed by atoms with Gasteiger partial charge in [-0.3, -0.25) is 4.98 Å². The summed E-state index contributed by atoms with van der Waals surface area (Å²) >= 11 is 1.32. The molecule has 0 aliphatic heterocycles. The summed E-state index contributed by atoms with van der Waals surface area (Å²) in [6.07, 6.45) is 2.47. The van der Waals surface area contributed by atoms with Crippen molar-refractivity contribution in [2.24, 2.45) is 5.73 Å². The van der Waals surface area contributed by atoms with Crippen LogP contribution in [0.25, 0.3) is 0 Å². The van der Waals surface area contributed by atoms with Crippen molar-refractivity contribution in [3.8, 4) is 0 Å². The van der Waals surface area contributed by atoms with E-state index in [4.69, 9.17) is 5.73 Å². The van der Waals surface area contributed by atoms with Crippen LogP contribution in [-0.4, -0.2) is 14.6 Å². The van der Waals surface area contributed by atoms with Gasteiger partial charge in [-0.05, 0) is 23.7 Å². The highest BCUT2D eigenvalue weighted by atomic mass is 32.1. The van der Waals surface area contributed by atoms with Crippen molar-refractivity contribution in [3.05, 3.63) is 41.2 Å². The number of aromatic nitrogens is 3. The zero-order valence-electron chi connectivity index (χ0n) is 7.50. The highest BCUT2D eigenvalue weighted by Gasteiger charge is 2.09. The van der Waals surface area contributed by atoms with Crippen LogP contribution in [0.2, 0.25) is 0 Å². The van der Waals surface area contributed by atoms with E-state index in [1.165, 1.54) is 11.5 Å². The summed E-state index contributed by atoms with van der Waals surface area (Å²) in [7, 11) is 0. The summed E-state index contributed by atoms with van der Waals surface area (Å²) in [5.41, 5.74) is 7.75. The van der Waals surface area contributed by atoms with Gasteiger partial charge in [0, 0.05) is 23.7 Å². The minimum atomic E-state index is -0.108. The van der Waals surface area contributed by atoms with Crippen molar-refractivity contribution in [1.29, 1.82) is 0 Å². The Hall–Kier alpha value is -1.33. The zero-order valence-corrected chi connectivity index (χ0v) is 8.31. The van der Waals surface area contributed by atoms with Crippen molar-refractivity contribution in [2.75, 3.05) is 0 Å². The first kappa shape index (κ1) is 9.23. The van der Waals surface area contributed by atoms with Crippen LogP contribution in [0.3, 0.4) is 0 Å². The summed E-state index contributed by atoms with van der Waals surface area (Å²) < 4.78 is 3.78. The maximum Gasteiger partial charge on any atom is 0.0926 e. The highest BCUT2D eigenvalue weighted by Crippen LogP contribution is 2.12. The predicted octanol–water partition coefficient (Wildman–Crippen LogP) is 1.18. The molecule has 4 nitrogen and oxygen atoms in total. The fraction of sp³-hybridized carbons (Fsp3) is 0.222. The van der Waals surface area contributed by atoms with Crippen molar-refractivity contribution in [2.45, 2.75) is 12.5 Å². The second-order valence-corrected chi connectivity index (χ2v) is 3.57. The average Bonchev–Trinajstić information content (AvgIpc) is 2.72. The zero-order chi connectivity index (χ0) is 9.80. The Morgan fingerprint density at radius 3 is 3.00 bits per heavy atom. The largest absolute Gasteiger partial charge is 0.322 e. The standard InChI is InChI=1S/C9H10N4S/c10-8(9-6-14-13-12-9)5-7-3-1-2-4-11-7/h1-4,6,8H,5,10H2. The van der Waals surface area contributed by atoms with Gasteiger partial charge in [-0.15, -0.1) is 5.10 Å². The van der Waals surface area contributed by atoms with E-state index in [0.29, 0.717) is 6.42 Å². The van der Waals surface area contributed by atoms with Crippen LogP contribution in [0.15, 0.2) is 29.8 Å². The third kappa shape index (κ3) is 2.12. The molecule has 1 unspecified atom stereocenters. The Labute approximate surface area is 86.0 Å². The van der Waals surface area contributed by atoms with Gasteiger partial charge in [0.1, 0.15) is 0 Å². The van der Waals surface area contributed by atoms with Crippen LogP contribution in [0.4, 0.5) is 0 Å². The molecule has 5 heteroatoms. The molecule has 14 heavy (non-hydrogen) atoms. The minimum absolute atomic E-state index is 0.108. The van der Waals surface area contributed by atoms with E-state index in [2.05, 4.69) is 14.6 Å². The molecule has 2 rings (SSSR count). The number of hydrogen-bond donors (Lipinski definition) is 1. The molecule has 0 aromatic carbocycles. The SMILES string of the molecule is NC(Cc1ccccn1)c1csnn1. The van der Waals surface area contributed by atoms with Crippen molar-refractivity contribution in [1.82, 2.24) is 14.6 Å². The quantitative estimate of drug-likeness (QED) is 0.818. The topological polar surface area (TPSA) is 64.7 Å². The normalized spacial score (nSPS) is 12.6. The third-order valence-corrected chi connectivity index (χ3v) is 2.43. The van der Waals surface area contributed by atoms with Gasteiger partial charge < -0.3 is 5.73 Å². The first-order chi connectivity index (χ1) is 6.86. The van der Waals surface area contributed by atoms with E-state index in [1.807, 2.05) is 23.6 Å². The van der Waals surface area contributed by atoms with Gasteiger partial charge >= 0.3 is 0 Å². The maximum absolute atomic E-state index is 5.94. The van der Waals surface area contributed by atoms with Crippen LogP contribution in [0.1, 0.15) is 17.4 Å². The highest BCUT2D eigenvalue weighted by molar-refractivity contribution is 7.03. The lowest BCUT2D eigenvalue weighted by Gasteiger charge is -2.06. The Bertz CT molecular complexity index is 373. The molecule has 0 spiro atoms. The lowest BCUT2D eigenvalue weighted by molar-refractivity contribution is 0.680. The second-order valence-electron chi connectivity index (χ2n) is 2.96. The Morgan fingerprint density at radius 2 is 2.36 bits per heavy atom. The van der Waals surface area contributed by atoms with E-state index in [1.54, 1.807) is 6.20 Å². The first-order valence-electron chi connectivity index (χ1n) is 4.28. The summed E-state index contributed by atoms with van der Waals surface area (Å²) in [5, 5.41) is 5.80. The van der Waals surface area contributed by atoms with Crippen molar-refractivity contribution >= 4 is 11.5 Å².